The predicted molar refractivity (Wildman–Crippen MR) is 110 cm³/mol. The van der Waals surface area contributed by atoms with Gasteiger partial charge in [-0.3, -0.25) is 0 Å². The zero-order valence-corrected chi connectivity index (χ0v) is 15.9. The molecule has 0 radical (unpaired) electrons. The molecule has 1 atom stereocenters. The average Bonchev–Trinajstić information content (AvgIpc) is 3.22. The van der Waals surface area contributed by atoms with Gasteiger partial charge < -0.3 is 14.8 Å². The molecule has 1 aliphatic rings. The van der Waals surface area contributed by atoms with E-state index in [1.807, 2.05) is 0 Å². The Morgan fingerprint density at radius 3 is 2.70 bits per heavy atom. The quantitative estimate of drug-likeness (QED) is 0.643. The molecule has 3 aromatic carbocycles. The monoisotopic (exact) mass is 361 g/mol. The van der Waals surface area contributed by atoms with E-state index in [-0.39, 0.29) is 0 Å². The zero-order valence-electron chi connectivity index (χ0n) is 15.9. The van der Waals surface area contributed by atoms with Gasteiger partial charge in [-0.25, -0.2) is 0 Å². The van der Waals surface area contributed by atoms with Gasteiger partial charge in [-0.05, 0) is 42.2 Å². The van der Waals surface area contributed by atoms with Crippen molar-refractivity contribution < 1.29 is 9.47 Å². The minimum atomic E-state index is 0.344. The van der Waals surface area contributed by atoms with E-state index in [1.54, 1.807) is 0 Å². The van der Waals surface area contributed by atoms with E-state index in [9.17, 15) is 0 Å². The van der Waals surface area contributed by atoms with Crippen LogP contribution in [0.15, 0.2) is 60.7 Å². The van der Waals surface area contributed by atoms with Crippen LogP contribution in [0.5, 0.6) is 5.75 Å². The second-order valence-electron chi connectivity index (χ2n) is 7.30. The standard InChI is InChI=1S/C24H27NO2/c1-18-8-10-19(11-9-18)17-27-24-13-12-20-5-2-3-7-22(20)23(24)16-25-15-21-6-4-14-26-21/h2-3,5,7-13,21,25H,4,6,14-17H2,1H3/t21-/m1/s1. The van der Waals surface area contributed by atoms with Gasteiger partial charge in [0.15, 0.2) is 0 Å². The fraction of sp³-hybridized carbons (Fsp3) is 0.333. The lowest BCUT2D eigenvalue weighted by molar-refractivity contribution is 0.110. The molecule has 0 saturated carbocycles. The molecule has 3 nitrogen and oxygen atoms in total. The Hall–Kier alpha value is -2.36. The second kappa shape index (κ2) is 8.55. The minimum Gasteiger partial charge on any atom is -0.489 e. The molecule has 0 amide bonds. The molecule has 140 valence electrons. The lowest BCUT2D eigenvalue weighted by atomic mass is 10.0. The number of rotatable bonds is 7. The van der Waals surface area contributed by atoms with Crippen molar-refractivity contribution in [1.82, 2.24) is 5.32 Å². The van der Waals surface area contributed by atoms with Crippen LogP contribution in [0, 0.1) is 6.92 Å². The summed E-state index contributed by atoms with van der Waals surface area (Å²) >= 11 is 0. The van der Waals surface area contributed by atoms with E-state index in [4.69, 9.17) is 9.47 Å². The van der Waals surface area contributed by atoms with Crippen molar-refractivity contribution in [3.05, 3.63) is 77.4 Å². The molecule has 4 rings (SSSR count). The first-order valence-electron chi connectivity index (χ1n) is 9.81. The van der Waals surface area contributed by atoms with E-state index < -0.39 is 0 Å². The highest BCUT2D eigenvalue weighted by Gasteiger charge is 2.15. The van der Waals surface area contributed by atoms with E-state index in [0.717, 1.165) is 31.9 Å². The highest BCUT2D eigenvalue weighted by Crippen LogP contribution is 2.29. The number of benzene rings is 3. The third-order valence-electron chi connectivity index (χ3n) is 5.21. The fourth-order valence-corrected chi connectivity index (χ4v) is 3.64. The first kappa shape index (κ1) is 18.0. The molecule has 1 saturated heterocycles. The van der Waals surface area contributed by atoms with E-state index in [0.29, 0.717) is 12.7 Å². The highest BCUT2D eigenvalue weighted by atomic mass is 16.5. The normalized spacial score (nSPS) is 16.7. The zero-order chi connectivity index (χ0) is 18.5. The highest BCUT2D eigenvalue weighted by molar-refractivity contribution is 5.87. The Morgan fingerprint density at radius 2 is 1.89 bits per heavy atom. The van der Waals surface area contributed by atoms with Crippen LogP contribution in [0.3, 0.4) is 0 Å². The number of ether oxygens (including phenoxy) is 2. The smallest absolute Gasteiger partial charge is 0.124 e. The van der Waals surface area contributed by atoms with Crippen LogP contribution < -0.4 is 10.1 Å². The number of fused-ring (bicyclic) bond motifs is 1. The lowest BCUT2D eigenvalue weighted by Crippen LogP contribution is -2.26. The third-order valence-corrected chi connectivity index (χ3v) is 5.21. The van der Waals surface area contributed by atoms with Gasteiger partial charge in [-0.15, -0.1) is 0 Å². The van der Waals surface area contributed by atoms with Crippen molar-refractivity contribution in [2.75, 3.05) is 13.2 Å². The van der Waals surface area contributed by atoms with Crippen LogP contribution in [-0.2, 0) is 17.9 Å². The predicted octanol–water partition coefficient (Wildman–Crippen LogP) is 5.00. The van der Waals surface area contributed by atoms with Crippen LogP contribution in [0.2, 0.25) is 0 Å². The van der Waals surface area contributed by atoms with Crippen molar-refractivity contribution in [3.63, 3.8) is 0 Å². The van der Waals surface area contributed by atoms with Crippen molar-refractivity contribution in [1.29, 1.82) is 0 Å². The molecule has 3 aromatic rings. The van der Waals surface area contributed by atoms with Gasteiger partial charge in [-0.1, -0.05) is 60.2 Å². The van der Waals surface area contributed by atoms with Crippen molar-refractivity contribution in [3.8, 4) is 5.75 Å². The number of hydrogen-bond donors (Lipinski definition) is 1. The average molecular weight is 361 g/mol. The molecule has 0 bridgehead atoms. The largest absolute Gasteiger partial charge is 0.489 e. The van der Waals surface area contributed by atoms with E-state index >= 15 is 0 Å². The Morgan fingerprint density at radius 1 is 1.04 bits per heavy atom. The van der Waals surface area contributed by atoms with Gasteiger partial charge >= 0.3 is 0 Å². The molecule has 0 spiro atoms. The molecule has 0 unspecified atom stereocenters. The summed E-state index contributed by atoms with van der Waals surface area (Å²) in [6.07, 6.45) is 2.67. The van der Waals surface area contributed by atoms with Gasteiger partial charge in [0.1, 0.15) is 12.4 Å². The molecule has 0 aliphatic carbocycles. The Balaban J connectivity index is 1.51. The maximum atomic E-state index is 6.22. The molecule has 1 N–H and O–H groups in total. The van der Waals surface area contributed by atoms with Crippen LogP contribution in [0.4, 0.5) is 0 Å². The summed E-state index contributed by atoms with van der Waals surface area (Å²) < 4.78 is 12.0. The summed E-state index contributed by atoms with van der Waals surface area (Å²) in [5, 5.41) is 6.07. The van der Waals surface area contributed by atoms with Crippen molar-refractivity contribution in [2.45, 2.75) is 39.0 Å². The SMILES string of the molecule is Cc1ccc(COc2ccc3ccccc3c2CNC[C@H]2CCCO2)cc1. The number of hydrogen-bond acceptors (Lipinski definition) is 3. The van der Waals surface area contributed by atoms with Crippen molar-refractivity contribution in [2.24, 2.45) is 0 Å². The van der Waals surface area contributed by atoms with Crippen LogP contribution in [-0.4, -0.2) is 19.3 Å². The van der Waals surface area contributed by atoms with Gasteiger partial charge in [0.2, 0.25) is 0 Å². The molecule has 0 aromatic heterocycles. The molecule has 1 fully saturated rings. The van der Waals surface area contributed by atoms with Crippen LogP contribution in [0.1, 0.15) is 29.5 Å². The molecule has 1 aliphatic heterocycles. The molecule has 1 heterocycles. The Bertz CT molecular complexity index is 883. The molecule has 27 heavy (non-hydrogen) atoms. The first-order valence-corrected chi connectivity index (χ1v) is 9.81. The number of aryl methyl sites for hydroxylation is 1. The summed E-state index contributed by atoms with van der Waals surface area (Å²) in [6, 6.07) is 21.3. The lowest BCUT2D eigenvalue weighted by Gasteiger charge is -2.16. The van der Waals surface area contributed by atoms with Gasteiger partial charge in [0, 0.05) is 25.3 Å². The topological polar surface area (TPSA) is 30.5 Å². The summed E-state index contributed by atoms with van der Waals surface area (Å²) in [4.78, 5) is 0. The van der Waals surface area contributed by atoms with Gasteiger partial charge in [0.25, 0.3) is 0 Å². The maximum absolute atomic E-state index is 6.22. The number of nitrogens with one attached hydrogen (secondary N) is 1. The molecular formula is C24H27NO2. The summed E-state index contributed by atoms with van der Waals surface area (Å²) in [6.45, 7) is 5.25. The first-order chi connectivity index (χ1) is 13.3. The van der Waals surface area contributed by atoms with E-state index in [1.165, 1.54) is 33.9 Å². The fourth-order valence-electron chi connectivity index (χ4n) is 3.64. The van der Waals surface area contributed by atoms with Gasteiger partial charge in [0.05, 0.1) is 6.10 Å². The maximum Gasteiger partial charge on any atom is 0.124 e. The van der Waals surface area contributed by atoms with E-state index in [2.05, 4.69) is 72.9 Å². The summed E-state index contributed by atoms with van der Waals surface area (Å²) in [5.74, 6) is 0.953. The van der Waals surface area contributed by atoms with Crippen molar-refractivity contribution >= 4 is 10.8 Å². The van der Waals surface area contributed by atoms with Gasteiger partial charge in [-0.2, -0.15) is 0 Å². The van der Waals surface area contributed by atoms with Crippen LogP contribution >= 0.6 is 0 Å². The second-order valence-corrected chi connectivity index (χ2v) is 7.30. The molecule has 3 heteroatoms. The minimum absolute atomic E-state index is 0.344. The summed E-state index contributed by atoms with van der Waals surface area (Å²) in [5.41, 5.74) is 3.67. The summed E-state index contributed by atoms with van der Waals surface area (Å²) in [7, 11) is 0. The van der Waals surface area contributed by atoms with Crippen LogP contribution in [0.25, 0.3) is 10.8 Å². The third kappa shape index (κ3) is 4.49. The Labute approximate surface area is 161 Å². The molecular weight excluding hydrogens is 334 g/mol. The Kier molecular flexibility index (Phi) is 5.71.